The van der Waals surface area contributed by atoms with Crippen LogP contribution in [-0.2, 0) is 16.0 Å². The van der Waals surface area contributed by atoms with E-state index in [1.54, 1.807) is 7.11 Å². The quantitative estimate of drug-likeness (QED) is 0.849. The van der Waals surface area contributed by atoms with Crippen LogP contribution < -0.4 is 15.4 Å². The van der Waals surface area contributed by atoms with E-state index < -0.39 is 0 Å². The summed E-state index contributed by atoms with van der Waals surface area (Å²) in [5, 5.41) is 5.75. The molecule has 1 unspecified atom stereocenters. The summed E-state index contributed by atoms with van der Waals surface area (Å²) in [7, 11) is 1.64. The van der Waals surface area contributed by atoms with Gasteiger partial charge in [0, 0.05) is 25.5 Å². The molecule has 2 N–H and O–H groups in total. The van der Waals surface area contributed by atoms with Crippen LogP contribution in [0.5, 0.6) is 5.75 Å². The van der Waals surface area contributed by atoms with E-state index in [2.05, 4.69) is 16.7 Å². The summed E-state index contributed by atoms with van der Waals surface area (Å²) in [5.74, 6) is 1.10. The van der Waals surface area contributed by atoms with Crippen LogP contribution in [0.1, 0.15) is 50.2 Å². The lowest BCUT2D eigenvalue weighted by Crippen LogP contribution is -2.22. The monoisotopic (exact) mass is 304 g/mol. The van der Waals surface area contributed by atoms with Gasteiger partial charge in [-0.15, -0.1) is 0 Å². The zero-order valence-corrected chi connectivity index (χ0v) is 13.5. The number of benzene rings is 1. The fraction of sp³-hybridized carbons (Fsp3) is 0.529. The SMILES string of the molecule is CCC(=O)Nc1ccc2c(c1OC)C(CCNC(C)=O)CC2. The van der Waals surface area contributed by atoms with Crippen LogP contribution in [0, 0.1) is 0 Å². The number of hydrogen-bond donors (Lipinski definition) is 2. The number of carbonyl (C=O) groups excluding carboxylic acids is 2. The standard InChI is InChI=1S/C17H24N2O3/c1-4-15(21)19-14-8-7-12-5-6-13(9-10-18-11(2)20)16(12)17(14)22-3/h7-8,13H,4-6,9-10H2,1-3H3,(H,18,20)(H,19,21). The minimum absolute atomic E-state index is 0.00542. The van der Waals surface area contributed by atoms with Crippen molar-refractivity contribution in [1.29, 1.82) is 0 Å². The number of hydrogen-bond acceptors (Lipinski definition) is 3. The highest BCUT2D eigenvalue weighted by atomic mass is 16.5. The van der Waals surface area contributed by atoms with Gasteiger partial charge in [-0.25, -0.2) is 0 Å². The third-order valence-electron chi connectivity index (χ3n) is 4.12. The van der Waals surface area contributed by atoms with Crippen molar-refractivity contribution in [3.63, 3.8) is 0 Å². The van der Waals surface area contributed by atoms with E-state index >= 15 is 0 Å². The van der Waals surface area contributed by atoms with E-state index in [1.807, 2.05) is 13.0 Å². The van der Waals surface area contributed by atoms with Crippen molar-refractivity contribution in [3.05, 3.63) is 23.3 Å². The Balaban J connectivity index is 2.22. The molecule has 2 amide bonds. The number of amides is 2. The highest BCUT2D eigenvalue weighted by Crippen LogP contribution is 2.44. The highest BCUT2D eigenvalue weighted by molar-refractivity contribution is 5.92. The molecule has 0 saturated carbocycles. The molecule has 0 radical (unpaired) electrons. The van der Waals surface area contributed by atoms with E-state index in [1.165, 1.54) is 18.1 Å². The molecular formula is C17H24N2O3. The molecule has 0 aliphatic heterocycles. The zero-order chi connectivity index (χ0) is 16.1. The molecule has 1 aromatic carbocycles. The van der Waals surface area contributed by atoms with Crippen LogP contribution in [-0.4, -0.2) is 25.5 Å². The lowest BCUT2D eigenvalue weighted by Gasteiger charge is -2.18. The Morgan fingerprint density at radius 3 is 2.77 bits per heavy atom. The van der Waals surface area contributed by atoms with Gasteiger partial charge in [-0.05, 0) is 36.8 Å². The molecule has 5 heteroatoms. The fourth-order valence-corrected chi connectivity index (χ4v) is 3.05. The summed E-state index contributed by atoms with van der Waals surface area (Å²) in [6, 6.07) is 3.99. The van der Waals surface area contributed by atoms with Gasteiger partial charge in [0.25, 0.3) is 0 Å². The molecule has 1 aliphatic rings. The van der Waals surface area contributed by atoms with Crippen LogP contribution >= 0.6 is 0 Å². The number of ether oxygens (including phenoxy) is 1. The normalized spacial score (nSPS) is 16.0. The van der Waals surface area contributed by atoms with Crippen LogP contribution in [0.2, 0.25) is 0 Å². The predicted molar refractivity (Wildman–Crippen MR) is 86.3 cm³/mol. The number of carbonyl (C=O) groups is 2. The first kappa shape index (κ1) is 16.3. The third kappa shape index (κ3) is 3.59. The molecule has 120 valence electrons. The number of rotatable bonds is 6. The molecule has 0 heterocycles. The Morgan fingerprint density at radius 1 is 1.36 bits per heavy atom. The second-order valence-corrected chi connectivity index (χ2v) is 5.63. The first-order valence-electron chi connectivity index (χ1n) is 7.80. The van der Waals surface area contributed by atoms with E-state index in [9.17, 15) is 9.59 Å². The third-order valence-corrected chi connectivity index (χ3v) is 4.12. The fourth-order valence-electron chi connectivity index (χ4n) is 3.05. The second kappa shape index (κ2) is 7.29. The van der Waals surface area contributed by atoms with Crippen molar-refractivity contribution in [1.82, 2.24) is 5.32 Å². The molecule has 1 aromatic rings. The lowest BCUT2D eigenvalue weighted by molar-refractivity contribution is -0.119. The van der Waals surface area contributed by atoms with Crippen molar-refractivity contribution in [2.75, 3.05) is 19.0 Å². The maximum Gasteiger partial charge on any atom is 0.224 e. The zero-order valence-electron chi connectivity index (χ0n) is 13.5. The number of aryl methyl sites for hydroxylation is 1. The lowest BCUT2D eigenvalue weighted by atomic mass is 9.96. The average molecular weight is 304 g/mol. The Bertz CT molecular complexity index is 569. The highest BCUT2D eigenvalue weighted by Gasteiger charge is 2.28. The molecule has 1 aliphatic carbocycles. The summed E-state index contributed by atoms with van der Waals surface area (Å²) in [5.41, 5.74) is 3.19. The van der Waals surface area contributed by atoms with Crippen molar-refractivity contribution in [2.45, 2.75) is 45.4 Å². The molecule has 22 heavy (non-hydrogen) atoms. The Kier molecular flexibility index (Phi) is 5.41. The first-order chi connectivity index (χ1) is 10.6. The van der Waals surface area contributed by atoms with Crippen LogP contribution in [0.3, 0.4) is 0 Å². The molecule has 5 nitrogen and oxygen atoms in total. The van der Waals surface area contributed by atoms with E-state index in [-0.39, 0.29) is 11.8 Å². The molecular weight excluding hydrogens is 280 g/mol. The van der Waals surface area contributed by atoms with Gasteiger partial charge in [-0.1, -0.05) is 13.0 Å². The van der Waals surface area contributed by atoms with Crippen LogP contribution in [0.15, 0.2) is 12.1 Å². The smallest absolute Gasteiger partial charge is 0.224 e. The van der Waals surface area contributed by atoms with E-state index in [0.717, 1.165) is 30.7 Å². The minimum Gasteiger partial charge on any atom is -0.494 e. The number of fused-ring (bicyclic) bond motifs is 1. The minimum atomic E-state index is -0.0222. The molecule has 0 saturated heterocycles. The summed E-state index contributed by atoms with van der Waals surface area (Å²) in [6.45, 7) is 4.01. The largest absolute Gasteiger partial charge is 0.494 e. The van der Waals surface area contributed by atoms with Crippen molar-refractivity contribution >= 4 is 17.5 Å². The summed E-state index contributed by atoms with van der Waals surface area (Å²) in [4.78, 5) is 22.7. The average Bonchev–Trinajstić information content (AvgIpc) is 2.90. The summed E-state index contributed by atoms with van der Waals surface area (Å²) < 4.78 is 5.59. The van der Waals surface area contributed by atoms with Gasteiger partial charge in [0.2, 0.25) is 11.8 Å². The van der Waals surface area contributed by atoms with Gasteiger partial charge >= 0.3 is 0 Å². The Hall–Kier alpha value is -2.04. The maximum absolute atomic E-state index is 11.7. The Morgan fingerprint density at radius 2 is 2.14 bits per heavy atom. The van der Waals surface area contributed by atoms with Gasteiger partial charge in [-0.2, -0.15) is 0 Å². The molecule has 0 fully saturated rings. The summed E-state index contributed by atoms with van der Waals surface area (Å²) >= 11 is 0. The van der Waals surface area contributed by atoms with Gasteiger partial charge < -0.3 is 15.4 Å². The Labute approximate surface area is 131 Å². The molecule has 0 spiro atoms. The van der Waals surface area contributed by atoms with Crippen molar-refractivity contribution in [3.8, 4) is 5.75 Å². The predicted octanol–water partition coefficient (Wildman–Crippen LogP) is 2.60. The van der Waals surface area contributed by atoms with Gasteiger partial charge in [0.05, 0.1) is 12.8 Å². The van der Waals surface area contributed by atoms with E-state index in [0.29, 0.717) is 18.9 Å². The second-order valence-electron chi connectivity index (χ2n) is 5.63. The van der Waals surface area contributed by atoms with Crippen LogP contribution in [0.25, 0.3) is 0 Å². The van der Waals surface area contributed by atoms with Crippen molar-refractivity contribution in [2.24, 2.45) is 0 Å². The molecule has 0 aromatic heterocycles. The number of anilines is 1. The molecule has 2 rings (SSSR count). The van der Waals surface area contributed by atoms with E-state index in [4.69, 9.17) is 4.74 Å². The maximum atomic E-state index is 11.7. The number of methoxy groups -OCH3 is 1. The molecule has 1 atom stereocenters. The number of nitrogens with one attached hydrogen (secondary N) is 2. The summed E-state index contributed by atoms with van der Waals surface area (Å²) in [6.07, 6.45) is 3.38. The van der Waals surface area contributed by atoms with Gasteiger partial charge in [0.15, 0.2) is 0 Å². The molecule has 0 bridgehead atoms. The van der Waals surface area contributed by atoms with Gasteiger partial charge in [-0.3, -0.25) is 9.59 Å². The topological polar surface area (TPSA) is 67.4 Å². The van der Waals surface area contributed by atoms with Crippen molar-refractivity contribution < 1.29 is 14.3 Å². The van der Waals surface area contributed by atoms with Crippen LogP contribution in [0.4, 0.5) is 5.69 Å². The first-order valence-corrected chi connectivity index (χ1v) is 7.80. The van der Waals surface area contributed by atoms with Gasteiger partial charge in [0.1, 0.15) is 5.75 Å².